The van der Waals surface area contributed by atoms with Gasteiger partial charge < -0.3 is 15.0 Å². The molecule has 1 unspecified atom stereocenters. The first-order valence-corrected chi connectivity index (χ1v) is 13.0. The van der Waals surface area contributed by atoms with Crippen LogP contribution in [0.4, 0.5) is 5.69 Å². The van der Waals surface area contributed by atoms with Gasteiger partial charge in [0, 0.05) is 12.6 Å². The molecule has 0 spiro atoms. The van der Waals surface area contributed by atoms with E-state index >= 15 is 0 Å². The van der Waals surface area contributed by atoms with Crippen molar-refractivity contribution in [1.29, 1.82) is 0 Å². The fourth-order valence-corrected chi connectivity index (χ4v) is 4.50. The lowest BCUT2D eigenvalue weighted by atomic mass is 10.1. The number of carbonyl (C=O) groups excluding carboxylic acids is 2. The van der Waals surface area contributed by atoms with Gasteiger partial charge in [0.05, 0.1) is 19.1 Å². The third kappa shape index (κ3) is 7.48. The summed E-state index contributed by atoms with van der Waals surface area (Å²) in [6.07, 6.45) is 1.07. The number of carbonyl (C=O) groups is 2. The molecular weight excluding hydrogens is 454 g/mol. The topological polar surface area (TPSA) is 96.0 Å². The van der Waals surface area contributed by atoms with Gasteiger partial charge in [-0.25, -0.2) is 8.42 Å². The second-order valence-corrected chi connectivity index (χ2v) is 10.7. The van der Waals surface area contributed by atoms with Crippen molar-refractivity contribution in [3.63, 3.8) is 0 Å². The first-order valence-electron chi connectivity index (χ1n) is 11.1. The molecule has 1 N–H and O–H groups in total. The number of rotatable bonds is 10. The Hall–Kier alpha value is -3.07. The molecule has 2 aromatic carbocycles. The Kier molecular flexibility index (Phi) is 9.09. The molecule has 0 heterocycles. The van der Waals surface area contributed by atoms with Crippen LogP contribution in [0, 0.1) is 13.8 Å². The lowest BCUT2D eigenvalue weighted by Crippen LogP contribution is -2.52. The van der Waals surface area contributed by atoms with Gasteiger partial charge in [-0.05, 0) is 75.6 Å². The minimum Gasteiger partial charge on any atom is -0.497 e. The molecule has 0 saturated carbocycles. The van der Waals surface area contributed by atoms with E-state index < -0.39 is 28.5 Å². The molecule has 8 nitrogen and oxygen atoms in total. The van der Waals surface area contributed by atoms with Crippen LogP contribution in [0.2, 0.25) is 0 Å². The van der Waals surface area contributed by atoms with Gasteiger partial charge in [0.15, 0.2) is 0 Å². The molecule has 9 heteroatoms. The van der Waals surface area contributed by atoms with Gasteiger partial charge in [-0.2, -0.15) is 0 Å². The number of amides is 2. The van der Waals surface area contributed by atoms with E-state index in [2.05, 4.69) is 5.32 Å². The Labute approximate surface area is 202 Å². The molecule has 2 rings (SSSR count). The Balaban J connectivity index is 2.43. The van der Waals surface area contributed by atoms with Crippen LogP contribution in [-0.4, -0.2) is 57.1 Å². The van der Waals surface area contributed by atoms with Gasteiger partial charge >= 0.3 is 0 Å². The number of nitrogens with one attached hydrogen (secondary N) is 1. The zero-order chi connectivity index (χ0) is 25.6. The molecule has 2 amide bonds. The van der Waals surface area contributed by atoms with E-state index in [1.807, 2.05) is 39.8 Å². The summed E-state index contributed by atoms with van der Waals surface area (Å²) in [5.74, 6) is -0.181. The van der Waals surface area contributed by atoms with Gasteiger partial charge in [0.1, 0.15) is 18.3 Å². The second kappa shape index (κ2) is 11.4. The maximum atomic E-state index is 13.5. The summed E-state index contributed by atoms with van der Waals surface area (Å²) in [5.41, 5.74) is 2.94. The van der Waals surface area contributed by atoms with Crippen LogP contribution in [0.5, 0.6) is 5.75 Å². The Morgan fingerprint density at radius 3 is 2.18 bits per heavy atom. The van der Waals surface area contributed by atoms with Crippen LogP contribution in [0.3, 0.4) is 0 Å². The Bertz CT molecular complexity index is 1110. The predicted molar refractivity (Wildman–Crippen MR) is 134 cm³/mol. The number of nitrogens with zero attached hydrogens (tertiary/aromatic N) is 2. The van der Waals surface area contributed by atoms with E-state index in [0.717, 1.165) is 27.3 Å². The fourth-order valence-electron chi connectivity index (χ4n) is 3.66. The van der Waals surface area contributed by atoms with Crippen LogP contribution in [0.25, 0.3) is 0 Å². The number of ether oxygens (including phenoxy) is 1. The molecule has 2 aromatic rings. The van der Waals surface area contributed by atoms with E-state index in [1.54, 1.807) is 44.4 Å². The number of methoxy groups -OCH3 is 1. The molecule has 0 saturated heterocycles. The summed E-state index contributed by atoms with van der Waals surface area (Å²) in [4.78, 5) is 27.7. The fraction of sp³-hybridized carbons (Fsp3) is 0.440. The van der Waals surface area contributed by atoms with Crippen molar-refractivity contribution in [1.82, 2.24) is 10.2 Å². The van der Waals surface area contributed by atoms with Gasteiger partial charge in [-0.1, -0.05) is 18.2 Å². The van der Waals surface area contributed by atoms with Gasteiger partial charge in [0.25, 0.3) is 0 Å². The van der Waals surface area contributed by atoms with Gasteiger partial charge in [-0.3, -0.25) is 13.9 Å². The molecule has 34 heavy (non-hydrogen) atoms. The van der Waals surface area contributed by atoms with Crippen molar-refractivity contribution in [3.05, 3.63) is 59.2 Å². The largest absolute Gasteiger partial charge is 0.497 e. The molecule has 1 atom stereocenters. The molecule has 0 aliphatic rings. The van der Waals surface area contributed by atoms with Crippen molar-refractivity contribution >= 4 is 27.5 Å². The summed E-state index contributed by atoms with van der Waals surface area (Å²) in [7, 11) is -2.21. The molecule has 0 bridgehead atoms. The van der Waals surface area contributed by atoms with Crippen LogP contribution < -0.4 is 14.4 Å². The van der Waals surface area contributed by atoms with Crippen LogP contribution >= 0.6 is 0 Å². The first kappa shape index (κ1) is 27.2. The highest BCUT2D eigenvalue weighted by Gasteiger charge is 2.30. The van der Waals surface area contributed by atoms with Crippen molar-refractivity contribution in [2.24, 2.45) is 0 Å². The lowest BCUT2D eigenvalue weighted by Gasteiger charge is -2.32. The molecule has 0 aliphatic carbocycles. The summed E-state index contributed by atoms with van der Waals surface area (Å²) >= 11 is 0. The third-order valence-corrected chi connectivity index (χ3v) is 6.40. The highest BCUT2D eigenvalue weighted by molar-refractivity contribution is 7.92. The molecule has 0 aliphatic heterocycles. The average Bonchev–Trinajstić information content (AvgIpc) is 2.73. The minimum atomic E-state index is -3.76. The van der Waals surface area contributed by atoms with E-state index in [1.165, 1.54) is 4.90 Å². The van der Waals surface area contributed by atoms with Gasteiger partial charge in [0.2, 0.25) is 21.8 Å². The zero-order valence-electron chi connectivity index (χ0n) is 21.0. The van der Waals surface area contributed by atoms with Crippen molar-refractivity contribution in [2.45, 2.75) is 53.2 Å². The average molecular weight is 490 g/mol. The van der Waals surface area contributed by atoms with Crippen molar-refractivity contribution in [2.75, 3.05) is 24.2 Å². The van der Waals surface area contributed by atoms with Crippen molar-refractivity contribution in [3.8, 4) is 5.75 Å². The molecular formula is C25H35N3O5S. The Morgan fingerprint density at radius 1 is 1.03 bits per heavy atom. The lowest BCUT2D eigenvalue weighted by molar-refractivity contribution is -0.139. The van der Waals surface area contributed by atoms with E-state index in [0.29, 0.717) is 11.4 Å². The molecule has 0 aromatic heterocycles. The van der Waals surface area contributed by atoms with E-state index in [-0.39, 0.29) is 18.5 Å². The maximum absolute atomic E-state index is 13.5. The van der Waals surface area contributed by atoms with Crippen LogP contribution in [-0.2, 0) is 26.2 Å². The smallest absolute Gasteiger partial charge is 0.244 e. The second-order valence-electron chi connectivity index (χ2n) is 8.83. The zero-order valence-corrected chi connectivity index (χ0v) is 21.8. The Morgan fingerprint density at radius 2 is 1.65 bits per heavy atom. The van der Waals surface area contributed by atoms with Crippen molar-refractivity contribution < 1.29 is 22.7 Å². The highest BCUT2D eigenvalue weighted by atomic mass is 32.2. The number of anilines is 1. The normalized spacial score (nSPS) is 12.2. The summed E-state index contributed by atoms with van der Waals surface area (Å²) in [6, 6.07) is 11.7. The summed E-state index contributed by atoms with van der Waals surface area (Å²) in [5, 5.41) is 2.83. The van der Waals surface area contributed by atoms with E-state index in [9.17, 15) is 18.0 Å². The monoisotopic (exact) mass is 489 g/mol. The molecule has 186 valence electrons. The van der Waals surface area contributed by atoms with Crippen LogP contribution in [0.15, 0.2) is 42.5 Å². The van der Waals surface area contributed by atoms with E-state index in [4.69, 9.17) is 4.74 Å². The third-order valence-electron chi connectivity index (χ3n) is 5.26. The van der Waals surface area contributed by atoms with Gasteiger partial charge in [-0.15, -0.1) is 0 Å². The summed E-state index contributed by atoms with van der Waals surface area (Å²) in [6.45, 7) is 8.74. The SMILES string of the molecule is COc1cccc(CN(C(=O)CN(c2cc(C)cc(C)c2)S(C)(=O)=O)C(C)C(=O)NC(C)C)c1. The number of aryl methyl sites for hydroxylation is 2. The minimum absolute atomic E-state index is 0.105. The summed E-state index contributed by atoms with van der Waals surface area (Å²) < 4.78 is 31.7. The number of benzene rings is 2. The van der Waals surface area contributed by atoms with Crippen LogP contribution in [0.1, 0.15) is 37.5 Å². The predicted octanol–water partition coefficient (Wildman–Crippen LogP) is 3.02. The quantitative estimate of drug-likeness (QED) is 0.554. The number of sulfonamides is 1. The molecule has 0 radical (unpaired) electrons. The number of hydrogen-bond acceptors (Lipinski definition) is 5. The highest BCUT2D eigenvalue weighted by Crippen LogP contribution is 2.23. The standard InChI is InChI=1S/C25H35N3O5S/c1-17(2)26-25(30)20(5)27(15-21-9-8-10-23(14-21)33-6)24(29)16-28(34(7,31)32)22-12-18(3)11-19(4)13-22/h8-14,17,20H,15-16H2,1-7H3,(H,26,30). The first-order chi connectivity index (χ1) is 15.8. The maximum Gasteiger partial charge on any atom is 0.244 e. The number of hydrogen-bond donors (Lipinski definition) is 1. The molecule has 0 fully saturated rings.